The van der Waals surface area contributed by atoms with Gasteiger partial charge in [-0.3, -0.25) is 4.98 Å². The van der Waals surface area contributed by atoms with Crippen molar-refractivity contribution >= 4 is 10.9 Å². The summed E-state index contributed by atoms with van der Waals surface area (Å²) in [6, 6.07) is 8.95. The molecule has 3 rings (SSSR count). The van der Waals surface area contributed by atoms with Crippen LogP contribution in [0.15, 0.2) is 36.5 Å². The maximum Gasteiger partial charge on any atom is 0.229 e. The molecule has 1 saturated heterocycles. The zero-order valence-electron chi connectivity index (χ0n) is 11.6. The number of hydrogen-bond acceptors (Lipinski definition) is 7. The summed E-state index contributed by atoms with van der Waals surface area (Å²) < 4.78 is 10.9. The Kier molecular flexibility index (Phi) is 4.23. The van der Waals surface area contributed by atoms with Gasteiger partial charge in [-0.15, -0.1) is 0 Å². The van der Waals surface area contributed by atoms with Crippen LogP contribution in [0, 0.1) is 0 Å². The molecule has 1 aromatic carbocycles. The van der Waals surface area contributed by atoms with E-state index >= 15 is 0 Å². The molecule has 0 spiro atoms. The van der Waals surface area contributed by atoms with Gasteiger partial charge < -0.3 is 29.9 Å². The van der Waals surface area contributed by atoms with Crippen LogP contribution >= 0.6 is 0 Å². The SMILES string of the molecule is OC[C@H]1OC(Oc2cccc3cccnc23)[C@H](O)[C@@H](O)[C@H]1O. The number of aliphatic hydroxyl groups is 4. The van der Waals surface area contributed by atoms with Crippen molar-refractivity contribution in [2.24, 2.45) is 0 Å². The Morgan fingerprint density at radius 2 is 1.82 bits per heavy atom. The summed E-state index contributed by atoms with van der Waals surface area (Å²) in [6.45, 7) is -0.501. The molecule has 1 aliphatic heterocycles. The Morgan fingerprint density at radius 1 is 1.05 bits per heavy atom. The van der Waals surface area contributed by atoms with E-state index in [1.807, 2.05) is 12.1 Å². The van der Waals surface area contributed by atoms with E-state index in [-0.39, 0.29) is 0 Å². The fourth-order valence-corrected chi connectivity index (χ4v) is 2.46. The molecule has 5 atom stereocenters. The quantitative estimate of drug-likeness (QED) is 0.600. The first kappa shape index (κ1) is 15.1. The smallest absolute Gasteiger partial charge is 0.229 e. The maximum absolute atomic E-state index is 9.99. The summed E-state index contributed by atoms with van der Waals surface area (Å²) in [6.07, 6.45) is -4.95. The lowest BCUT2D eigenvalue weighted by Crippen LogP contribution is -2.60. The average Bonchev–Trinajstić information content (AvgIpc) is 2.55. The van der Waals surface area contributed by atoms with Gasteiger partial charge in [0, 0.05) is 11.6 Å². The average molecular weight is 307 g/mol. The molecule has 7 heteroatoms. The molecule has 0 saturated carbocycles. The number of benzene rings is 1. The Bertz CT molecular complexity index is 643. The lowest BCUT2D eigenvalue weighted by Gasteiger charge is -2.39. The molecule has 1 unspecified atom stereocenters. The van der Waals surface area contributed by atoms with E-state index in [0.29, 0.717) is 11.3 Å². The molecule has 1 aromatic heterocycles. The Morgan fingerprint density at radius 3 is 2.59 bits per heavy atom. The van der Waals surface area contributed by atoms with Crippen molar-refractivity contribution in [2.75, 3.05) is 6.61 Å². The van der Waals surface area contributed by atoms with Crippen LogP contribution in [-0.2, 0) is 4.74 Å². The minimum atomic E-state index is -1.47. The molecular formula is C15H17NO6. The molecule has 2 heterocycles. The zero-order chi connectivity index (χ0) is 15.7. The number of rotatable bonds is 3. The van der Waals surface area contributed by atoms with Gasteiger partial charge in [0.25, 0.3) is 0 Å². The number of ether oxygens (including phenoxy) is 2. The van der Waals surface area contributed by atoms with Crippen molar-refractivity contribution in [3.8, 4) is 5.75 Å². The molecule has 22 heavy (non-hydrogen) atoms. The standard InChI is InChI=1S/C15H17NO6/c17-7-10-12(18)13(19)14(20)15(22-10)21-9-5-1-3-8-4-2-6-16-11(8)9/h1-6,10,12-15,17-20H,7H2/t10-,12+,13+,14-,15?/m1/s1. The molecule has 0 aliphatic carbocycles. The molecule has 2 aromatic rings. The van der Waals surface area contributed by atoms with Crippen LogP contribution in [0.5, 0.6) is 5.75 Å². The Hall–Kier alpha value is -1.77. The predicted octanol–water partition coefficient (Wildman–Crippen LogP) is -0.587. The molecule has 0 radical (unpaired) electrons. The van der Waals surface area contributed by atoms with Crippen molar-refractivity contribution in [1.82, 2.24) is 4.98 Å². The van der Waals surface area contributed by atoms with Crippen molar-refractivity contribution in [1.29, 1.82) is 0 Å². The van der Waals surface area contributed by atoms with Crippen molar-refractivity contribution in [3.05, 3.63) is 36.5 Å². The lowest BCUT2D eigenvalue weighted by molar-refractivity contribution is -0.277. The molecular weight excluding hydrogens is 290 g/mol. The van der Waals surface area contributed by atoms with Crippen LogP contribution in [0.4, 0.5) is 0 Å². The van der Waals surface area contributed by atoms with Gasteiger partial charge >= 0.3 is 0 Å². The summed E-state index contributed by atoms with van der Waals surface area (Å²) in [7, 11) is 0. The van der Waals surface area contributed by atoms with Crippen LogP contribution in [-0.4, -0.2) is 62.7 Å². The van der Waals surface area contributed by atoms with Crippen LogP contribution in [0.2, 0.25) is 0 Å². The molecule has 1 aliphatic rings. The third-order valence-corrected chi connectivity index (χ3v) is 3.69. The van der Waals surface area contributed by atoms with Gasteiger partial charge in [0.15, 0.2) is 0 Å². The molecule has 118 valence electrons. The molecule has 0 bridgehead atoms. The number of hydrogen-bond donors (Lipinski definition) is 4. The number of nitrogens with zero attached hydrogens (tertiary/aromatic N) is 1. The normalized spacial score (nSPS) is 32.1. The van der Waals surface area contributed by atoms with Gasteiger partial charge in [0.2, 0.25) is 6.29 Å². The lowest BCUT2D eigenvalue weighted by atomic mass is 9.99. The van der Waals surface area contributed by atoms with E-state index in [4.69, 9.17) is 9.47 Å². The second-order valence-electron chi connectivity index (χ2n) is 5.15. The van der Waals surface area contributed by atoms with E-state index in [2.05, 4.69) is 4.98 Å². The predicted molar refractivity (Wildman–Crippen MR) is 76.1 cm³/mol. The topological polar surface area (TPSA) is 112 Å². The zero-order valence-corrected chi connectivity index (χ0v) is 11.6. The van der Waals surface area contributed by atoms with Gasteiger partial charge in [-0.05, 0) is 12.1 Å². The van der Waals surface area contributed by atoms with Crippen LogP contribution in [0.3, 0.4) is 0 Å². The van der Waals surface area contributed by atoms with Crippen molar-refractivity contribution in [2.45, 2.75) is 30.7 Å². The van der Waals surface area contributed by atoms with Gasteiger partial charge in [0.05, 0.1) is 6.61 Å². The number of pyridine rings is 1. The highest BCUT2D eigenvalue weighted by molar-refractivity contribution is 5.84. The third kappa shape index (κ3) is 2.65. The van der Waals surface area contributed by atoms with Crippen LogP contribution in [0.1, 0.15) is 0 Å². The van der Waals surface area contributed by atoms with E-state index in [1.54, 1.807) is 24.4 Å². The van der Waals surface area contributed by atoms with Gasteiger partial charge in [-0.1, -0.05) is 18.2 Å². The first-order valence-corrected chi connectivity index (χ1v) is 6.92. The summed E-state index contributed by atoms with van der Waals surface area (Å²) in [5, 5.41) is 39.5. The highest BCUT2D eigenvalue weighted by atomic mass is 16.7. The number of aromatic nitrogens is 1. The highest BCUT2D eigenvalue weighted by Gasteiger charge is 2.44. The van der Waals surface area contributed by atoms with Crippen LogP contribution < -0.4 is 4.74 Å². The first-order valence-electron chi connectivity index (χ1n) is 6.92. The van der Waals surface area contributed by atoms with Crippen molar-refractivity contribution in [3.63, 3.8) is 0 Å². The molecule has 4 N–H and O–H groups in total. The monoisotopic (exact) mass is 307 g/mol. The number of para-hydroxylation sites is 1. The highest BCUT2D eigenvalue weighted by Crippen LogP contribution is 2.28. The largest absolute Gasteiger partial charge is 0.460 e. The van der Waals surface area contributed by atoms with E-state index in [9.17, 15) is 20.4 Å². The second kappa shape index (κ2) is 6.15. The fraction of sp³-hybridized carbons (Fsp3) is 0.400. The van der Waals surface area contributed by atoms with E-state index < -0.39 is 37.3 Å². The van der Waals surface area contributed by atoms with Gasteiger partial charge in [0.1, 0.15) is 35.7 Å². The molecule has 0 amide bonds. The minimum absolute atomic E-state index is 0.377. The number of aliphatic hydroxyl groups excluding tert-OH is 4. The summed E-state index contributed by atoms with van der Waals surface area (Å²) in [4.78, 5) is 4.22. The third-order valence-electron chi connectivity index (χ3n) is 3.69. The van der Waals surface area contributed by atoms with E-state index in [0.717, 1.165) is 5.39 Å². The molecule has 7 nitrogen and oxygen atoms in total. The first-order chi connectivity index (χ1) is 10.6. The summed E-state index contributed by atoms with van der Waals surface area (Å²) >= 11 is 0. The van der Waals surface area contributed by atoms with Gasteiger partial charge in [-0.2, -0.15) is 0 Å². The summed E-state index contributed by atoms with van der Waals surface area (Å²) in [5.41, 5.74) is 0.585. The van der Waals surface area contributed by atoms with Crippen LogP contribution in [0.25, 0.3) is 10.9 Å². The van der Waals surface area contributed by atoms with E-state index in [1.165, 1.54) is 0 Å². The Balaban J connectivity index is 1.87. The fourth-order valence-electron chi connectivity index (χ4n) is 2.46. The minimum Gasteiger partial charge on any atom is -0.460 e. The second-order valence-corrected chi connectivity index (χ2v) is 5.15. The number of fused-ring (bicyclic) bond motifs is 1. The van der Waals surface area contributed by atoms with Gasteiger partial charge in [-0.25, -0.2) is 0 Å². The Labute approximate surface area is 126 Å². The maximum atomic E-state index is 9.99. The van der Waals surface area contributed by atoms with Crippen molar-refractivity contribution < 1.29 is 29.9 Å². The summed E-state index contributed by atoms with van der Waals surface area (Å²) in [5.74, 6) is 0.377. The molecule has 1 fully saturated rings.